The summed E-state index contributed by atoms with van der Waals surface area (Å²) in [5.74, 6) is -0.304. The van der Waals surface area contributed by atoms with Crippen LogP contribution in [0.15, 0.2) is 40.9 Å². The van der Waals surface area contributed by atoms with Crippen molar-refractivity contribution < 1.29 is 13.5 Å². The van der Waals surface area contributed by atoms with Crippen molar-refractivity contribution in [3.63, 3.8) is 0 Å². The van der Waals surface area contributed by atoms with Crippen LogP contribution in [0.3, 0.4) is 0 Å². The van der Waals surface area contributed by atoms with E-state index in [0.717, 1.165) is 28.2 Å². The fourth-order valence-electron chi connectivity index (χ4n) is 1.83. The smallest absolute Gasteiger partial charge is 0.130 e. The maximum atomic E-state index is 13.5. The summed E-state index contributed by atoms with van der Waals surface area (Å²) < 4.78 is 33.1. The lowest BCUT2D eigenvalue weighted by Gasteiger charge is -2.12. The predicted molar refractivity (Wildman–Crippen MR) is 77.6 cm³/mol. The van der Waals surface area contributed by atoms with Gasteiger partial charge in [0.25, 0.3) is 0 Å². The number of benzene rings is 2. The summed E-state index contributed by atoms with van der Waals surface area (Å²) in [5, 5.41) is 3.04. The molecular weight excluding hydrogens is 328 g/mol. The third kappa shape index (κ3) is 3.77. The van der Waals surface area contributed by atoms with Crippen LogP contribution in [-0.4, -0.2) is 7.05 Å². The summed E-state index contributed by atoms with van der Waals surface area (Å²) in [4.78, 5) is 0. The number of halogens is 3. The number of nitrogens with one attached hydrogen (secondary N) is 1. The van der Waals surface area contributed by atoms with Gasteiger partial charge in [0.05, 0.1) is 0 Å². The molecule has 0 spiro atoms. The highest BCUT2D eigenvalue weighted by Gasteiger charge is 2.08. The molecule has 0 amide bonds. The second-order valence-corrected chi connectivity index (χ2v) is 5.22. The highest BCUT2D eigenvalue weighted by atomic mass is 79.9. The average molecular weight is 342 g/mol. The highest BCUT2D eigenvalue weighted by molar-refractivity contribution is 9.10. The molecule has 0 fully saturated rings. The fraction of sp³-hybridized carbons (Fsp3) is 0.200. The summed E-state index contributed by atoms with van der Waals surface area (Å²) >= 11 is 3.39. The molecule has 2 nitrogen and oxygen atoms in total. The van der Waals surface area contributed by atoms with Gasteiger partial charge in [0.2, 0.25) is 0 Å². The van der Waals surface area contributed by atoms with E-state index in [-0.39, 0.29) is 12.2 Å². The summed E-state index contributed by atoms with van der Waals surface area (Å²) in [5.41, 5.74) is 1.14. The lowest BCUT2D eigenvalue weighted by atomic mass is 10.2. The van der Waals surface area contributed by atoms with E-state index in [0.29, 0.717) is 12.3 Å². The van der Waals surface area contributed by atoms with Gasteiger partial charge < -0.3 is 10.1 Å². The molecule has 0 radical (unpaired) electrons. The zero-order chi connectivity index (χ0) is 14.5. The van der Waals surface area contributed by atoms with Crippen molar-refractivity contribution in [2.24, 2.45) is 0 Å². The van der Waals surface area contributed by atoms with E-state index in [4.69, 9.17) is 4.74 Å². The van der Waals surface area contributed by atoms with E-state index < -0.39 is 11.6 Å². The van der Waals surface area contributed by atoms with Crippen LogP contribution < -0.4 is 10.1 Å². The van der Waals surface area contributed by atoms with Gasteiger partial charge in [0.1, 0.15) is 24.0 Å². The maximum absolute atomic E-state index is 13.5. The summed E-state index contributed by atoms with van der Waals surface area (Å²) in [6.45, 7) is 0.613. The van der Waals surface area contributed by atoms with Gasteiger partial charge in [-0.3, -0.25) is 0 Å². The topological polar surface area (TPSA) is 21.3 Å². The van der Waals surface area contributed by atoms with Gasteiger partial charge in [0, 0.05) is 22.1 Å². The fourth-order valence-corrected chi connectivity index (χ4v) is 2.24. The van der Waals surface area contributed by atoms with E-state index in [1.165, 1.54) is 0 Å². The van der Waals surface area contributed by atoms with Crippen molar-refractivity contribution in [3.05, 3.63) is 63.6 Å². The molecule has 2 aromatic rings. The molecule has 20 heavy (non-hydrogen) atoms. The zero-order valence-corrected chi connectivity index (χ0v) is 12.5. The van der Waals surface area contributed by atoms with Crippen molar-refractivity contribution >= 4 is 15.9 Å². The number of hydrogen-bond donors (Lipinski definition) is 1. The Morgan fingerprint density at radius 3 is 2.65 bits per heavy atom. The van der Waals surface area contributed by atoms with Crippen LogP contribution in [-0.2, 0) is 13.2 Å². The van der Waals surface area contributed by atoms with Crippen molar-refractivity contribution in [1.82, 2.24) is 5.32 Å². The Hall–Kier alpha value is -1.46. The molecule has 0 saturated carbocycles. The summed E-state index contributed by atoms with van der Waals surface area (Å²) in [6, 6.07) is 8.90. The lowest BCUT2D eigenvalue weighted by molar-refractivity contribution is 0.295. The summed E-state index contributed by atoms with van der Waals surface area (Å²) in [7, 11) is 1.83. The first-order valence-electron chi connectivity index (χ1n) is 6.10. The van der Waals surface area contributed by atoms with Crippen molar-refractivity contribution in [1.29, 1.82) is 0 Å². The maximum Gasteiger partial charge on any atom is 0.130 e. The molecule has 0 aliphatic rings. The normalized spacial score (nSPS) is 10.6. The van der Waals surface area contributed by atoms with Gasteiger partial charge in [-0.05, 0) is 43.4 Å². The molecule has 2 aromatic carbocycles. The van der Waals surface area contributed by atoms with Crippen LogP contribution in [0.25, 0.3) is 0 Å². The summed E-state index contributed by atoms with van der Waals surface area (Å²) in [6.07, 6.45) is 0. The minimum atomic E-state index is -0.476. The van der Waals surface area contributed by atoms with Gasteiger partial charge >= 0.3 is 0 Å². The SMILES string of the molecule is CNCc1cc(Br)ccc1OCc1cc(F)ccc1F. The molecule has 2 rings (SSSR count). The van der Waals surface area contributed by atoms with E-state index in [1.54, 1.807) is 6.07 Å². The third-order valence-electron chi connectivity index (χ3n) is 2.78. The van der Waals surface area contributed by atoms with E-state index in [2.05, 4.69) is 21.2 Å². The van der Waals surface area contributed by atoms with Crippen LogP contribution in [0, 0.1) is 11.6 Å². The molecule has 0 aliphatic heterocycles. The second kappa shape index (κ2) is 6.81. The van der Waals surface area contributed by atoms with Crippen LogP contribution in [0.2, 0.25) is 0 Å². The zero-order valence-electron chi connectivity index (χ0n) is 10.9. The van der Waals surface area contributed by atoms with Crippen LogP contribution in [0.5, 0.6) is 5.75 Å². The molecule has 0 heterocycles. The lowest BCUT2D eigenvalue weighted by Crippen LogP contribution is -2.08. The molecule has 0 bridgehead atoms. The molecule has 0 aliphatic carbocycles. The minimum absolute atomic E-state index is 0.0120. The van der Waals surface area contributed by atoms with Crippen LogP contribution in [0.4, 0.5) is 8.78 Å². The molecule has 5 heteroatoms. The Kier molecular flexibility index (Phi) is 5.09. The minimum Gasteiger partial charge on any atom is -0.488 e. The Morgan fingerprint density at radius 1 is 1.10 bits per heavy atom. The molecule has 0 unspecified atom stereocenters. The van der Waals surface area contributed by atoms with Gasteiger partial charge in [-0.15, -0.1) is 0 Å². The Balaban J connectivity index is 2.16. The van der Waals surface area contributed by atoms with Crippen LogP contribution >= 0.6 is 15.9 Å². The quantitative estimate of drug-likeness (QED) is 0.886. The Morgan fingerprint density at radius 2 is 1.90 bits per heavy atom. The molecule has 1 N–H and O–H groups in total. The average Bonchev–Trinajstić information content (AvgIpc) is 2.42. The third-order valence-corrected chi connectivity index (χ3v) is 3.27. The van der Waals surface area contributed by atoms with E-state index in [1.807, 2.05) is 19.2 Å². The largest absolute Gasteiger partial charge is 0.488 e. The Bertz CT molecular complexity index is 604. The first-order chi connectivity index (χ1) is 9.60. The van der Waals surface area contributed by atoms with E-state index in [9.17, 15) is 8.78 Å². The van der Waals surface area contributed by atoms with Gasteiger partial charge in [-0.25, -0.2) is 8.78 Å². The second-order valence-electron chi connectivity index (χ2n) is 4.31. The van der Waals surface area contributed by atoms with Crippen molar-refractivity contribution in [2.45, 2.75) is 13.2 Å². The van der Waals surface area contributed by atoms with Gasteiger partial charge in [-0.1, -0.05) is 15.9 Å². The number of ether oxygens (including phenoxy) is 1. The molecule has 0 saturated heterocycles. The predicted octanol–water partition coefficient (Wildman–Crippen LogP) is 4.03. The van der Waals surface area contributed by atoms with Crippen LogP contribution in [0.1, 0.15) is 11.1 Å². The first kappa shape index (κ1) is 14.9. The Labute approximate surface area is 124 Å². The van der Waals surface area contributed by atoms with E-state index >= 15 is 0 Å². The monoisotopic (exact) mass is 341 g/mol. The molecule has 106 valence electrons. The highest BCUT2D eigenvalue weighted by Crippen LogP contribution is 2.24. The standard InChI is InChI=1S/C15H14BrF2NO/c1-19-8-10-6-12(16)2-5-15(10)20-9-11-7-13(17)3-4-14(11)18/h2-7,19H,8-9H2,1H3. The van der Waals surface area contributed by atoms with Crippen molar-refractivity contribution in [3.8, 4) is 5.75 Å². The first-order valence-corrected chi connectivity index (χ1v) is 6.89. The molecular formula is C15H14BrF2NO. The van der Waals surface area contributed by atoms with Gasteiger partial charge in [0.15, 0.2) is 0 Å². The molecule has 0 aromatic heterocycles. The van der Waals surface area contributed by atoms with Gasteiger partial charge in [-0.2, -0.15) is 0 Å². The van der Waals surface area contributed by atoms with Crippen molar-refractivity contribution in [2.75, 3.05) is 7.05 Å². The number of rotatable bonds is 5. The molecule has 0 atom stereocenters. The number of hydrogen-bond acceptors (Lipinski definition) is 2.